The maximum absolute atomic E-state index is 12.5. The minimum atomic E-state index is -0.348. The summed E-state index contributed by atoms with van der Waals surface area (Å²) in [6.45, 7) is 0.166. The number of hydrogen-bond donors (Lipinski definition) is 2. The van der Waals surface area contributed by atoms with Crippen molar-refractivity contribution in [3.63, 3.8) is 0 Å². The van der Waals surface area contributed by atoms with E-state index in [1.165, 1.54) is 46.2 Å². The molecule has 0 saturated carbocycles. The molecular formula is C17H13ClN2O3S3. The van der Waals surface area contributed by atoms with Gasteiger partial charge in [0.25, 0.3) is 5.91 Å². The van der Waals surface area contributed by atoms with E-state index in [4.69, 9.17) is 23.8 Å². The smallest absolute Gasteiger partial charge is 0.266 e. The zero-order chi connectivity index (χ0) is 18.7. The Labute approximate surface area is 168 Å². The number of carbonyl (C=O) groups is 2. The van der Waals surface area contributed by atoms with E-state index in [0.29, 0.717) is 14.2 Å². The molecule has 1 aromatic heterocycles. The van der Waals surface area contributed by atoms with E-state index in [0.717, 1.165) is 4.88 Å². The van der Waals surface area contributed by atoms with Gasteiger partial charge in [-0.2, -0.15) is 0 Å². The van der Waals surface area contributed by atoms with Crippen molar-refractivity contribution in [2.45, 2.75) is 6.42 Å². The zero-order valence-corrected chi connectivity index (χ0v) is 16.5. The van der Waals surface area contributed by atoms with Gasteiger partial charge in [-0.25, -0.2) is 0 Å². The zero-order valence-electron chi connectivity index (χ0n) is 13.3. The lowest BCUT2D eigenvalue weighted by atomic mass is 10.2. The van der Waals surface area contributed by atoms with Crippen molar-refractivity contribution in [3.05, 3.63) is 50.5 Å². The number of aromatic hydroxyl groups is 1. The Kier molecular flexibility index (Phi) is 5.98. The van der Waals surface area contributed by atoms with Crippen molar-refractivity contribution in [2.24, 2.45) is 0 Å². The Morgan fingerprint density at radius 3 is 2.92 bits per heavy atom. The third kappa shape index (κ3) is 4.45. The molecule has 1 saturated heterocycles. The molecule has 1 aliphatic rings. The van der Waals surface area contributed by atoms with Gasteiger partial charge in [-0.05, 0) is 35.7 Å². The number of halogens is 1. The summed E-state index contributed by atoms with van der Waals surface area (Å²) in [6.07, 6.45) is 1.85. The van der Waals surface area contributed by atoms with Crippen molar-refractivity contribution in [1.82, 2.24) is 4.90 Å². The normalized spacial score (nSPS) is 15.7. The van der Waals surface area contributed by atoms with E-state index < -0.39 is 0 Å². The highest BCUT2D eigenvalue weighted by Gasteiger charge is 2.32. The lowest BCUT2D eigenvalue weighted by Crippen LogP contribution is -2.31. The second-order valence-electron chi connectivity index (χ2n) is 5.31. The largest absolute Gasteiger partial charge is 0.506 e. The van der Waals surface area contributed by atoms with Gasteiger partial charge < -0.3 is 10.4 Å². The van der Waals surface area contributed by atoms with E-state index in [1.807, 2.05) is 17.5 Å². The molecule has 1 aliphatic heterocycles. The van der Waals surface area contributed by atoms with Crippen LogP contribution in [0.25, 0.3) is 6.08 Å². The van der Waals surface area contributed by atoms with E-state index in [-0.39, 0.29) is 36.2 Å². The average molecular weight is 425 g/mol. The van der Waals surface area contributed by atoms with Gasteiger partial charge in [0.1, 0.15) is 10.1 Å². The van der Waals surface area contributed by atoms with Crippen LogP contribution >= 0.6 is 46.9 Å². The molecule has 1 fully saturated rings. The number of thioether (sulfide) groups is 1. The van der Waals surface area contributed by atoms with E-state index in [9.17, 15) is 14.7 Å². The molecule has 2 amide bonds. The summed E-state index contributed by atoms with van der Waals surface area (Å²) >= 11 is 13.9. The van der Waals surface area contributed by atoms with Gasteiger partial charge in [-0.1, -0.05) is 41.6 Å². The Bertz CT molecular complexity index is 897. The second-order valence-corrected chi connectivity index (χ2v) is 8.40. The first-order valence-electron chi connectivity index (χ1n) is 7.51. The SMILES string of the molecule is O=C(CCN1C(=O)/C(=C/c2cccs2)SC1=S)Nc1cc(Cl)ccc1O. The maximum atomic E-state index is 12.5. The predicted molar refractivity (Wildman–Crippen MR) is 111 cm³/mol. The predicted octanol–water partition coefficient (Wildman–Crippen LogP) is 4.34. The van der Waals surface area contributed by atoms with Crippen LogP contribution in [0.1, 0.15) is 11.3 Å². The van der Waals surface area contributed by atoms with E-state index in [1.54, 1.807) is 6.08 Å². The minimum Gasteiger partial charge on any atom is -0.506 e. The first kappa shape index (κ1) is 18.9. The number of phenols is 1. The molecule has 9 heteroatoms. The second kappa shape index (κ2) is 8.22. The summed E-state index contributed by atoms with van der Waals surface area (Å²) in [6, 6.07) is 8.20. The van der Waals surface area contributed by atoms with Crippen LogP contribution in [0.3, 0.4) is 0 Å². The summed E-state index contributed by atoms with van der Waals surface area (Å²) < 4.78 is 0.427. The standard InChI is InChI=1S/C17H13ClN2O3S3/c18-10-3-4-13(21)12(8-10)19-15(22)5-6-20-16(23)14(26-17(20)24)9-11-2-1-7-25-11/h1-4,7-9,21H,5-6H2,(H,19,22)/b14-9-. The van der Waals surface area contributed by atoms with Gasteiger partial charge in [0.2, 0.25) is 5.91 Å². The molecule has 2 N–H and O–H groups in total. The molecule has 3 rings (SSSR count). The van der Waals surface area contributed by atoms with Gasteiger partial charge >= 0.3 is 0 Å². The molecule has 134 valence electrons. The van der Waals surface area contributed by atoms with Crippen LogP contribution in [0, 0.1) is 0 Å². The fraction of sp³-hybridized carbons (Fsp3) is 0.118. The molecular weight excluding hydrogens is 412 g/mol. The molecule has 0 aliphatic carbocycles. The summed E-state index contributed by atoms with van der Waals surface area (Å²) in [5.74, 6) is -0.627. The molecule has 26 heavy (non-hydrogen) atoms. The topological polar surface area (TPSA) is 69.6 Å². The Hall–Kier alpha value is -1.87. The Balaban J connectivity index is 1.60. The lowest BCUT2D eigenvalue weighted by Gasteiger charge is -2.14. The highest BCUT2D eigenvalue weighted by Crippen LogP contribution is 2.33. The maximum Gasteiger partial charge on any atom is 0.266 e. The number of benzene rings is 1. The number of thiophene rings is 1. The number of nitrogens with zero attached hydrogens (tertiary/aromatic N) is 1. The summed E-state index contributed by atoms with van der Waals surface area (Å²) in [5, 5.41) is 14.6. The van der Waals surface area contributed by atoms with Crippen LogP contribution in [-0.4, -0.2) is 32.7 Å². The quantitative estimate of drug-likeness (QED) is 0.424. The molecule has 0 atom stereocenters. The average Bonchev–Trinajstić information content (AvgIpc) is 3.19. The third-order valence-corrected chi connectivity index (χ3v) is 5.92. The fourth-order valence-corrected chi connectivity index (χ4v) is 4.43. The summed E-state index contributed by atoms with van der Waals surface area (Å²) in [5.41, 5.74) is 0.227. The number of rotatable bonds is 5. The van der Waals surface area contributed by atoms with Crippen LogP contribution in [0.5, 0.6) is 5.75 Å². The number of phenolic OH excluding ortho intramolecular Hbond substituents is 1. The Morgan fingerprint density at radius 1 is 1.38 bits per heavy atom. The number of hydrogen-bond acceptors (Lipinski definition) is 6. The highest BCUT2D eigenvalue weighted by atomic mass is 35.5. The molecule has 2 aromatic rings. The van der Waals surface area contributed by atoms with Crippen LogP contribution in [0.15, 0.2) is 40.6 Å². The molecule has 5 nitrogen and oxygen atoms in total. The fourth-order valence-electron chi connectivity index (χ4n) is 2.23. The van der Waals surface area contributed by atoms with Crippen LogP contribution < -0.4 is 5.32 Å². The molecule has 0 unspecified atom stereocenters. The van der Waals surface area contributed by atoms with Gasteiger partial charge in [-0.15, -0.1) is 11.3 Å². The number of nitrogens with one attached hydrogen (secondary N) is 1. The van der Waals surface area contributed by atoms with Crippen LogP contribution in [0.4, 0.5) is 5.69 Å². The van der Waals surface area contributed by atoms with Crippen LogP contribution in [-0.2, 0) is 9.59 Å². The first-order chi connectivity index (χ1) is 12.4. The van der Waals surface area contributed by atoms with Gasteiger partial charge in [0.05, 0.1) is 10.6 Å². The highest BCUT2D eigenvalue weighted by molar-refractivity contribution is 8.26. The van der Waals surface area contributed by atoms with Crippen molar-refractivity contribution in [1.29, 1.82) is 0 Å². The molecule has 2 heterocycles. The third-order valence-electron chi connectivity index (χ3n) is 3.49. The molecule has 0 spiro atoms. The van der Waals surface area contributed by atoms with Gasteiger partial charge in [0.15, 0.2) is 0 Å². The molecule has 0 bridgehead atoms. The number of thiocarbonyl (C=S) groups is 1. The number of carbonyl (C=O) groups excluding carboxylic acids is 2. The Morgan fingerprint density at radius 2 is 2.19 bits per heavy atom. The van der Waals surface area contributed by atoms with Gasteiger partial charge in [0, 0.05) is 22.9 Å². The van der Waals surface area contributed by atoms with Crippen LogP contribution in [0.2, 0.25) is 5.02 Å². The lowest BCUT2D eigenvalue weighted by molar-refractivity contribution is -0.122. The van der Waals surface area contributed by atoms with Crippen molar-refractivity contribution in [3.8, 4) is 5.75 Å². The van der Waals surface area contributed by atoms with Crippen molar-refractivity contribution < 1.29 is 14.7 Å². The minimum absolute atomic E-state index is 0.0463. The molecule has 1 aromatic carbocycles. The molecule has 0 radical (unpaired) electrons. The van der Waals surface area contributed by atoms with E-state index >= 15 is 0 Å². The van der Waals surface area contributed by atoms with Gasteiger partial charge in [-0.3, -0.25) is 14.5 Å². The first-order valence-corrected chi connectivity index (χ1v) is 9.99. The number of amides is 2. The number of anilines is 1. The monoisotopic (exact) mass is 424 g/mol. The summed E-state index contributed by atoms with van der Waals surface area (Å²) in [7, 11) is 0. The van der Waals surface area contributed by atoms with Crippen molar-refractivity contribution in [2.75, 3.05) is 11.9 Å². The summed E-state index contributed by atoms with van der Waals surface area (Å²) in [4.78, 5) is 27.5. The van der Waals surface area contributed by atoms with Crippen molar-refractivity contribution >= 4 is 74.8 Å². The van der Waals surface area contributed by atoms with E-state index in [2.05, 4.69) is 5.32 Å².